The lowest BCUT2D eigenvalue weighted by molar-refractivity contribution is -0.141. The molecule has 1 atom stereocenters. The summed E-state index contributed by atoms with van der Waals surface area (Å²) in [6.07, 6.45) is 5.91. The van der Waals surface area contributed by atoms with Crippen molar-refractivity contribution in [2.75, 3.05) is 17.1 Å². The normalized spacial score (nSPS) is 14.8. The third-order valence-corrected chi connectivity index (χ3v) is 8.84. The van der Waals surface area contributed by atoms with Crippen LogP contribution in [0.4, 0.5) is 5.69 Å². The number of hydrogen-bond donors (Lipinski definition) is 1. The Balaban J connectivity index is 1.78. The Morgan fingerprint density at radius 3 is 2.37 bits per heavy atom. The first-order valence-electron chi connectivity index (χ1n) is 12.8. The zero-order valence-electron chi connectivity index (χ0n) is 21.6. The van der Waals surface area contributed by atoms with Gasteiger partial charge in [0.2, 0.25) is 21.8 Å². The van der Waals surface area contributed by atoms with E-state index in [9.17, 15) is 18.0 Å². The molecule has 0 aliphatic heterocycles. The van der Waals surface area contributed by atoms with Crippen molar-refractivity contribution in [3.63, 3.8) is 0 Å². The number of benzene rings is 2. The van der Waals surface area contributed by atoms with E-state index in [2.05, 4.69) is 5.32 Å². The zero-order chi connectivity index (χ0) is 27.9. The number of sulfonamides is 1. The van der Waals surface area contributed by atoms with Crippen LogP contribution in [0, 0.1) is 0 Å². The molecule has 1 unspecified atom stereocenters. The number of halogens is 3. The van der Waals surface area contributed by atoms with Crippen molar-refractivity contribution in [1.29, 1.82) is 0 Å². The van der Waals surface area contributed by atoms with Crippen molar-refractivity contribution in [1.82, 2.24) is 10.2 Å². The second kappa shape index (κ2) is 13.9. The molecule has 1 fully saturated rings. The van der Waals surface area contributed by atoms with E-state index < -0.39 is 16.1 Å². The summed E-state index contributed by atoms with van der Waals surface area (Å²) in [4.78, 5) is 28.4. The SMILES string of the molecule is CCC(C(=O)NC1CCCC1)N(Cc1ccc(Cl)c(Cl)c1)C(=O)CCCN(c1cccc(Cl)c1)S(C)(=O)=O. The van der Waals surface area contributed by atoms with Crippen molar-refractivity contribution >= 4 is 62.3 Å². The molecule has 0 heterocycles. The Labute approximate surface area is 240 Å². The standard InChI is InChI=1S/C27H34Cl3N3O4S/c1-3-25(27(35)31-21-9-4-5-10-21)32(18-19-13-14-23(29)24(30)16-19)26(34)12-7-15-33(38(2,36)37)22-11-6-8-20(28)17-22/h6,8,11,13-14,16-17,21,25H,3-5,7,9-10,12,15,18H2,1-2H3,(H,31,35). The molecular formula is C27H34Cl3N3O4S. The fraction of sp³-hybridized carbons (Fsp3) is 0.481. The highest BCUT2D eigenvalue weighted by atomic mass is 35.5. The zero-order valence-corrected chi connectivity index (χ0v) is 24.7. The van der Waals surface area contributed by atoms with E-state index >= 15 is 0 Å². The van der Waals surface area contributed by atoms with E-state index in [1.54, 1.807) is 47.4 Å². The van der Waals surface area contributed by atoms with E-state index in [4.69, 9.17) is 34.8 Å². The average molecular weight is 603 g/mol. The lowest BCUT2D eigenvalue weighted by atomic mass is 10.1. The number of anilines is 1. The highest BCUT2D eigenvalue weighted by Gasteiger charge is 2.31. The smallest absolute Gasteiger partial charge is 0.243 e. The second-order valence-corrected chi connectivity index (χ2v) is 12.8. The van der Waals surface area contributed by atoms with E-state index in [1.165, 1.54) is 4.31 Å². The second-order valence-electron chi connectivity index (χ2n) is 9.60. The molecule has 0 saturated heterocycles. The van der Waals surface area contributed by atoms with Gasteiger partial charge in [-0.1, -0.05) is 66.7 Å². The first-order chi connectivity index (χ1) is 18.0. The molecule has 2 amide bonds. The predicted octanol–water partition coefficient (Wildman–Crippen LogP) is 6.06. The lowest BCUT2D eigenvalue weighted by Gasteiger charge is -2.32. The van der Waals surface area contributed by atoms with Crippen LogP contribution in [-0.4, -0.2) is 50.0 Å². The van der Waals surface area contributed by atoms with Gasteiger partial charge in [-0.25, -0.2) is 8.42 Å². The van der Waals surface area contributed by atoms with Crippen LogP contribution in [0.3, 0.4) is 0 Å². The molecule has 1 saturated carbocycles. The van der Waals surface area contributed by atoms with Crippen LogP contribution in [-0.2, 0) is 26.2 Å². The highest BCUT2D eigenvalue weighted by molar-refractivity contribution is 7.92. The Bertz CT molecular complexity index is 1240. The van der Waals surface area contributed by atoms with Gasteiger partial charge >= 0.3 is 0 Å². The van der Waals surface area contributed by atoms with Crippen LogP contribution in [0.2, 0.25) is 15.1 Å². The average Bonchev–Trinajstić information content (AvgIpc) is 3.36. The molecule has 0 radical (unpaired) electrons. The van der Waals surface area contributed by atoms with Crippen LogP contribution >= 0.6 is 34.8 Å². The van der Waals surface area contributed by atoms with Crippen LogP contribution in [0.5, 0.6) is 0 Å². The third-order valence-electron chi connectivity index (χ3n) is 6.67. The molecule has 2 aromatic carbocycles. The van der Waals surface area contributed by atoms with Crippen molar-refractivity contribution in [2.24, 2.45) is 0 Å². The summed E-state index contributed by atoms with van der Waals surface area (Å²) in [7, 11) is -3.60. The fourth-order valence-electron chi connectivity index (χ4n) is 4.76. The summed E-state index contributed by atoms with van der Waals surface area (Å²) in [6, 6.07) is 11.2. The number of amides is 2. The molecule has 0 spiro atoms. The molecule has 0 bridgehead atoms. The molecule has 38 heavy (non-hydrogen) atoms. The van der Waals surface area contributed by atoms with Gasteiger partial charge in [0.05, 0.1) is 22.0 Å². The molecule has 208 valence electrons. The van der Waals surface area contributed by atoms with Crippen LogP contribution in [0.15, 0.2) is 42.5 Å². The maximum absolute atomic E-state index is 13.6. The van der Waals surface area contributed by atoms with Gasteiger partial charge < -0.3 is 10.2 Å². The predicted molar refractivity (Wildman–Crippen MR) is 154 cm³/mol. The number of rotatable bonds is 12. The maximum Gasteiger partial charge on any atom is 0.243 e. The van der Waals surface area contributed by atoms with Gasteiger partial charge in [-0.05, 0) is 61.6 Å². The van der Waals surface area contributed by atoms with Crippen molar-refractivity contribution in [2.45, 2.75) is 70.5 Å². The van der Waals surface area contributed by atoms with Crippen LogP contribution in [0.1, 0.15) is 57.4 Å². The van der Waals surface area contributed by atoms with Gasteiger partial charge in [0.25, 0.3) is 0 Å². The maximum atomic E-state index is 13.6. The minimum absolute atomic E-state index is 0.0567. The minimum Gasteiger partial charge on any atom is -0.352 e. The first kappa shape index (κ1) is 30.5. The Morgan fingerprint density at radius 1 is 1.05 bits per heavy atom. The van der Waals surface area contributed by atoms with Crippen LogP contribution < -0.4 is 9.62 Å². The minimum atomic E-state index is -3.60. The monoisotopic (exact) mass is 601 g/mol. The molecule has 0 aromatic heterocycles. The van der Waals surface area contributed by atoms with Crippen molar-refractivity contribution < 1.29 is 18.0 Å². The van der Waals surface area contributed by atoms with E-state index in [1.807, 2.05) is 6.92 Å². The quantitative estimate of drug-likeness (QED) is 0.320. The van der Waals surface area contributed by atoms with Gasteiger partial charge in [0.1, 0.15) is 6.04 Å². The summed E-state index contributed by atoms with van der Waals surface area (Å²) < 4.78 is 26.2. The van der Waals surface area contributed by atoms with Gasteiger partial charge in [0, 0.05) is 30.6 Å². The number of nitrogens with zero attached hydrogens (tertiary/aromatic N) is 2. The fourth-order valence-corrected chi connectivity index (χ4v) is 6.22. The summed E-state index contributed by atoms with van der Waals surface area (Å²) in [5.74, 6) is -0.423. The largest absolute Gasteiger partial charge is 0.352 e. The topological polar surface area (TPSA) is 86.8 Å². The van der Waals surface area contributed by atoms with Gasteiger partial charge in [-0.15, -0.1) is 0 Å². The van der Waals surface area contributed by atoms with Gasteiger partial charge in [-0.3, -0.25) is 13.9 Å². The Hall–Kier alpha value is -2.00. The number of nitrogens with one attached hydrogen (secondary N) is 1. The molecule has 1 aliphatic carbocycles. The Kier molecular flexibility index (Phi) is 11.2. The first-order valence-corrected chi connectivity index (χ1v) is 15.7. The van der Waals surface area contributed by atoms with Gasteiger partial charge in [0.15, 0.2) is 0 Å². The number of hydrogen-bond acceptors (Lipinski definition) is 4. The molecule has 1 N–H and O–H groups in total. The molecule has 2 aromatic rings. The molecule has 11 heteroatoms. The van der Waals surface area contributed by atoms with Crippen molar-refractivity contribution in [3.05, 3.63) is 63.1 Å². The molecular weight excluding hydrogens is 569 g/mol. The van der Waals surface area contributed by atoms with E-state index in [0.29, 0.717) is 27.2 Å². The molecule has 3 rings (SSSR count). The molecule has 7 nitrogen and oxygen atoms in total. The van der Waals surface area contributed by atoms with E-state index in [-0.39, 0.29) is 43.8 Å². The van der Waals surface area contributed by atoms with E-state index in [0.717, 1.165) is 37.5 Å². The molecule has 1 aliphatic rings. The summed E-state index contributed by atoms with van der Waals surface area (Å²) in [6.45, 7) is 2.14. The van der Waals surface area contributed by atoms with Gasteiger partial charge in [-0.2, -0.15) is 0 Å². The summed E-state index contributed by atoms with van der Waals surface area (Å²) in [5, 5.41) is 4.30. The summed E-state index contributed by atoms with van der Waals surface area (Å²) in [5.41, 5.74) is 1.18. The Morgan fingerprint density at radius 2 is 1.76 bits per heavy atom. The van der Waals surface area contributed by atoms with Crippen LogP contribution in [0.25, 0.3) is 0 Å². The summed E-state index contributed by atoms with van der Waals surface area (Å²) >= 11 is 18.3. The number of carbonyl (C=O) groups is 2. The lowest BCUT2D eigenvalue weighted by Crippen LogP contribution is -2.51. The number of carbonyl (C=O) groups excluding carboxylic acids is 2. The third kappa shape index (κ3) is 8.50. The highest BCUT2D eigenvalue weighted by Crippen LogP contribution is 2.26. The van der Waals surface area contributed by atoms with Crippen molar-refractivity contribution in [3.8, 4) is 0 Å².